The van der Waals surface area contributed by atoms with Crippen LogP contribution in [0, 0.1) is 17.3 Å². The van der Waals surface area contributed by atoms with Gasteiger partial charge in [0, 0.05) is 25.3 Å². The van der Waals surface area contributed by atoms with Crippen molar-refractivity contribution in [3.8, 4) is 33.6 Å². The molecule has 298 valence electrons. The van der Waals surface area contributed by atoms with Crippen LogP contribution >= 0.6 is 0 Å². The first-order chi connectivity index (χ1) is 27.4. The highest BCUT2D eigenvalue weighted by atomic mass is 16.6. The van der Waals surface area contributed by atoms with Crippen molar-refractivity contribution < 1.29 is 19.1 Å². The predicted molar refractivity (Wildman–Crippen MR) is 221 cm³/mol. The number of nitrogens with zero attached hydrogens (tertiary/aromatic N) is 4. The lowest BCUT2D eigenvalue weighted by Crippen LogP contribution is -2.49. The second-order valence-corrected chi connectivity index (χ2v) is 18.3. The van der Waals surface area contributed by atoms with Crippen molar-refractivity contribution in [1.82, 2.24) is 35.1 Å². The Kier molecular flexibility index (Phi) is 9.51. The van der Waals surface area contributed by atoms with Crippen molar-refractivity contribution in [2.75, 3.05) is 20.4 Å². The zero-order valence-corrected chi connectivity index (χ0v) is 34.0. The summed E-state index contributed by atoms with van der Waals surface area (Å²) in [7, 11) is 1.64. The summed E-state index contributed by atoms with van der Waals surface area (Å²) >= 11 is 0. The van der Waals surface area contributed by atoms with Gasteiger partial charge in [-0.1, -0.05) is 62.4 Å². The number of methoxy groups -OCH3 is 1. The molecule has 2 aromatic heterocycles. The third kappa shape index (κ3) is 7.25. The molecule has 5 aromatic rings. The Balaban J connectivity index is 0.896. The third-order valence-electron chi connectivity index (χ3n) is 12.8. The summed E-state index contributed by atoms with van der Waals surface area (Å²) in [5, 5.41) is 5.60. The van der Waals surface area contributed by atoms with Crippen LogP contribution in [0.15, 0.2) is 73.1 Å². The van der Waals surface area contributed by atoms with E-state index in [2.05, 4.69) is 94.7 Å². The number of H-pyrrole nitrogens is 2. The summed E-state index contributed by atoms with van der Waals surface area (Å²) < 4.78 is 11.1. The minimum absolute atomic E-state index is 0.0685. The molecule has 57 heavy (non-hydrogen) atoms. The van der Waals surface area contributed by atoms with Crippen LogP contribution < -0.4 is 5.32 Å². The van der Waals surface area contributed by atoms with Crippen LogP contribution in [0.25, 0.3) is 44.4 Å². The molecule has 2 aliphatic carbocycles. The molecule has 0 unspecified atom stereocenters. The Morgan fingerprint density at radius 2 is 1.51 bits per heavy atom. The van der Waals surface area contributed by atoms with Crippen molar-refractivity contribution in [3.05, 3.63) is 84.7 Å². The lowest BCUT2D eigenvalue weighted by atomic mass is 9.98. The van der Waals surface area contributed by atoms with Gasteiger partial charge in [0.1, 0.15) is 17.2 Å². The van der Waals surface area contributed by atoms with Crippen molar-refractivity contribution in [1.29, 1.82) is 0 Å². The molecule has 3 aromatic carbocycles. The molecule has 9 rings (SSSR count). The number of rotatable bonds is 10. The van der Waals surface area contributed by atoms with E-state index in [9.17, 15) is 9.59 Å². The lowest BCUT2D eigenvalue weighted by Gasteiger charge is -2.35. The second kappa shape index (κ2) is 14.4. The van der Waals surface area contributed by atoms with Gasteiger partial charge in [-0.3, -0.25) is 15.0 Å². The highest BCUT2D eigenvalue weighted by molar-refractivity contribution is 5.90. The molecule has 2 amide bonds. The summed E-state index contributed by atoms with van der Waals surface area (Å²) in [6.07, 6.45) is 9.95. The Labute approximate surface area is 334 Å². The zero-order valence-electron chi connectivity index (χ0n) is 34.0. The quantitative estimate of drug-likeness (QED) is 0.121. The molecule has 2 aliphatic heterocycles. The van der Waals surface area contributed by atoms with Crippen molar-refractivity contribution in [2.45, 2.75) is 103 Å². The fourth-order valence-electron chi connectivity index (χ4n) is 9.67. The second-order valence-electron chi connectivity index (χ2n) is 18.3. The summed E-state index contributed by atoms with van der Waals surface area (Å²) in [5.74, 6) is 2.35. The number of aromatic amines is 2. The zero-order chi connectivity index (χ0) is 39.6. The first kappa shape index (κ1) is 37.6. The first-order valence-corrected chi connectivity index (χ1v) is 20.7. The minimum Gasteiger partial charge on any atom is -0.444 e. The summed E-state index contributed by atoms with van der Waals surface area (Å²) in [6.45, 7) is 11.0. The number of carbonyl (C=O) groups is 2. The number of aromatic nitrogens is 4. The van der Waals surface area contributed by atoms with E-state index >= 15 is 0 Å². The SMILES string of the molecule is COCN[C@H](C(=O)N1CC2(CC2)C[C@H]1c1ncc(-c2ccc3cc(-c4ccc(-c5cnc([C@@H]6[C@H]7CC[C@H](C7)N6C(=O)OC(C)(C)C)[nH]5)cc4)ccc3c2)[nH]1)C(C)C. The Hall–Kier alpha value is -5.00. The molecule has 3 N–H and O–H groups in total. The average molecular weight is 770 g/mol. The highest BCUT2D eigenvalue weighted by Crippen LogP contribution is 2.58. The maximum absolute atomic E-state index is 13.9. The molecule has 11 heteroatoms. The number of likely N-dealkylation sites (tertiary alicyclic amines) is 2. The van der Waals surface area contributed by atoms with E-state index in [0.717, 1.165) is 88.3 Å². The van der Waals surface area contributed by atoms with Crippen LogP contribution in [0.3, 0.4) is 0 Å². The van der Waals surface area contributed by atoms with Gasteiger partial charge in [0.25, 0.3) is 0 Å². The van der Waals surface area contributed by atoms with Gasteiger partial charge in [0.2, 0.25) is 5.91 Å². The summed E-state index contributed by atoms with van der Waals surface area (Å²) in [5.41, 5.74) is 5.97. The molecular weight excluding hydrogens is 715 g/mol. The third-order valence-corrected chi connectivity index (χ3v) is 12.8. The molecular formula is C46H55N7O4. The Morgan fingerprint density at radius 1 is 0.877 bits per heavy atom. The molecule has 11 nitrogen and oxygen atoms in total. The minimum atomic E-state index is -0.541. The smallest absolute Gasteiger partial charge is 0.411 e. The van der Waals surface area contributed by atoms with Crippen molar-refractivity contribution in [3.63, 3.8) is 0 Å². The predicted octanol–water partition coefficient (Wildman–Crippen LogP) is 9.02. The average Bonchev–Trinajstić information content (AvgIpc) is 3.81. The van der Waals surface area contributed by atoms with E-state index in [4.69, 9.17) is 19.4 Å². The van der Waals surface area contributed by atoms with Gasteiger partial charge in [-0.25, -0.2) is 14.8 Å². The summed E-state index contributed by atoms with van der Waals surface area (Å²) in [6, 6.07) is 21.4. The number of nitrogens with one attached hydrogen (secondary N) is 3. The van der Waals surface area contributed by atoms with Gasteiger partial charge in [-0.05, 0) is 116 Å². The molecule has 2 bridgehead atoms. The van der Waals surface area contributed by atoms with Gasteiger partial charge in [0.05, 0.1) is 48.6 Å². The summed E-state index contributed by atoms with van der Waals surface area (Å²) in [4.78, 5) is 48.0. The van der Waals surface area contributed by atoms with E-state index in [-0.39, 0.29) is 47.5 Å². The molecule has 1 spiro atoms. The number of amides is 2. The van der Waals surface area contributed by atoms with Gasteiger partial charge in [0.15, 0.2) is 0 Å². The normalized spacial score (nSPS) is 22.9. The van der Waals surface area contributed by atoms with E-state index < -0.39 is 5.60 Å². The number of fused-ring (bicyclic) bond motifs is 3. The number of hydrogen-bond donors (Lipinski definition) is 3. The molecule has 4 fully saturated rings. The monoisotopic (exact) mass is 769 g/mol. The van der Waals surface area contributed by atoms with E-state index in [1.807, 2.05) is 38.1 Å². The van der Waals surface area contributed by atoms with Crippen LogP contribution in [-0.2, 0) is 14.3 Å². The maximum Gasteiger partial charge on any atom is 0.411 e. The van der Waals surface area contributed by atoms with Crippen LogP contribution in [0.4, 0.5) is 4.79 Å². The van der Waals surface area contributed by atoms with Crippen molar-refractivity contribution in [2.24, 2.45) is 17.3 Å². The Morgan fingerprint density at radius 3 is 2.19 bits per heavy atom. The fourth-order valence-corrected chi connectivity index (χ4v) is 9.67. The van der Waals surface area contributed by atoms with Gasteiger partial charge in [-0.15, -0.1) is 0 Å². The number of hydrogen-bond acceptors (Lipinski definition) is 7. The fraction of sp³-hybridized carbons (Fsp3) is 0.478. The first-order valence-electron chi connectivity index (χ1n) is 20.7. The topological polar surface area (TPSA) is 128 Å². The number of benzene rings is 3. The van der Waals surface area contributed by atoms with Crippen molar-refractivity contribution >= 4 is 22.8 Å². The van der Waals surface area contributed by atoms with Crippen LogP contribution in [0.2, 0.25) is 0 Å². The van der Waals surface area contributed by atoms with E-state index in [1.165, 1.54) is 12.8 Å². The molecule has 4 aliphatic rings. The van der Waals surface area contributed by atoms with Gasteiger partial charge >= 0.3 is 6.09 Å². The number of piperidine rings is 1. The van der Waals surface area contributed by atoms with E-state index in [0.29, 0.717) is 12.6 Å². The maximum atomic E-state index is 13.9. The van der Waals surface area contributed by atoms with Gasteiger partial charge in [-0.2, -0.15) is 0 Å². The van der Waals surface area contributed by atoms with Crippen LogP contribution in [0.5, 0.6) is 0 Å². The molecule has 4 heterocycles. The molecule has 5 atom stereocenters. The molecule has 2 saturated carbocycles. The number of carbonyl (C=O) groups excluding carboxylic acids is 2. The standard InChI is InChI=1S/C46H55N7O4/c1-27(2)39(49-26-56-6)43(54)52-25-46(17-18-46)22-38(52)41-47-24-37(50-41)33-14-13-31-19-30(11-12-32(31)20-33)28-7-9-29(10-8-28)36-23-48-42(51-36)40-34-15-16-35(21-34)53(40)44(55)57-45(3,4)5/h7-14,19-20,23-24,27,34-35,38-40,49H,15-18,21-22,25-26H2,1-6H3,(H,47,50)(H,48,51)/t34-,35+,38-,39-,40-/m0/s1. The van der Waals surface area contributed by atoms with Crippen LogP contribution in [-0.4, -0.2) is 79.8 Å². The van der Waals surface area contributed by atoms with Crippen LogP contribution in [0.1, 0.15) is 96.9 Å². The van der Waals surface area contributed by atoms with Gasteiger partial charge < -0.3 is 24.3 Å². The molecule has 0 radical (unpaired) electrons. The number of ether oxygens (including phenoxy) is 2. The number of imidazole rings is 2. The highest BCUT2D eigenvalue weighted by Gasteiger charge is 2.55. The van der Waals surface area contributed by atoms with E-state index in [1.54, 1.807) is 7.11 Å². The largest absolute Gasteiger partial charge is 0.444 e. The lowest BCUT2D eigenvalue weighted by molar-refractivity contribution is -0.136. The Bertz CT molecular complexity index is 2280. The molecule has 2 saturated heterocycles.